The van der Waals surface area contributed by atoms with E-state index in [9.17, 15) is 24.3 Å². The molecule has 0 aromatic heterocycles. The Kier molecular flexibility index (Phi) is 14.0. The number of phenolic OH excluding ortho intramolecular Hbond substituents is 1. The van der Waals surface area contributed by atoms with Crippen molar-refractivity contribution in [2.45, 2.75) is 80.3 Å². The van der Waals surface area contributed by atoms with Crippen LogP contribution in [-0.4, -0.2) is 47.8 Å². The highest BCUT2D eigenvalue weighted by molar-refractivity contribution is 14.1. The summed E-state index contributed by atoms with van der Waals surface area (Å²) in [6.07, 6.45) is 0.375. The van der Waals surface area contributed by atoms with Crippen molar-refractivity contribution in [1.29, 1.82) is 0 Å². The van der Waals surface area contributed by atoms with Crippen LogP contribution in [0.3, 0.4) is 0 Å². The van der Waals surface area contributed by atoms with E-state index in [4.69, 9.17) is 18.9 Å². The normalized spacial score (nSPS) is 14.5. The minimum atomic E-state index is -1.29. The number of phenols is 1. The first-order chi connectivity index (χ1) is 20.6. The van der Waals surface area contributed by atoms with Gasteiger partial charge in [-0.1, -0.05) is 6.92 Å². The van der Waals surface area contributed by atoms with Gasteiger partial charge in [0.2, 0.25) is 0 Å². The van der Waals surface area contributed by atoms with Crippen LogP contribution in [-0.2, 0) is 28.6 Å². The van der Waals surface area contributed by atoms with Gasteiger partial charge in [0.1, 0.15) is 30.3 Å². The third-order valence-corrected chi connectivity index (χ3v) is 10.8. The summed E-state index contributed by atoms with van der Waals surface area (Å²) >= 11 is 6.39. The molecule has 2 aromatic rings. The number of aromatic hydroxyl groups is 1. The maximum atomic E-state index is 13.7. The first kappa shape index (κ1) is 39.5. The molecule has 2 aromatic carbocycles. The fourth-order valence-electron chi connectivity index (χ4n) is 4.84. The van der Waals surface area contributed by atoms with Gasteiger partial charge in [-0.25, -0.2) is 4.79 Å². The zero-order valence-corrected chi connectivity index (χ0v) is 33.3. The van der Waals surface area contributed by atoms with E-state index in [0.29, 0.717) is 12.0 Å². The van der Waals surface area contributed by atoms with E-state index < -0.39 is 45.7 Å². The Morgan fingerprint density at radius 2 is 1.33 bits per heavy atom. The van der Waals surface area contributed by atoms with Crippen molar-refractivity contribution in [3.8, 4) is 11.5 Å². The number of esters is 4. The van der Waals surface area contributed by atoms with Crippen molar-refractivity contribution >= 4 is 91.6 Å². The molecular weight excluding hydrogens is 921 g/mol. The molecule has 45 heavy (non-hydrogen) atoms. The summed E-state index contributed by atoms with van der Waals surface area (Å²) in [6, 6.07) is 9.46. The second kappa shape index (κ2) is 15.9. The smallest absolute Gasteiger partial charge is 0.339 e. The zero-order chi connectivity index (χ0) is 34.4. The third kappa shape index (κ3) is 11.5. The van der Waals surface area contributed by atoms with Crippen molar-refractivity contribution < 1.29 is 43.2 Å². The summed E-state index contributed by atoms with van der Waals surface area (Å²) in [5, 5.41) is 9.55. The van der Waals surface area contributed by atoms with Crippen molar-refractivity contribution in [1.82, 2.24) is 0 Å². The largest absolute Gasteiger partial charge is 0.508 e. The molecule has 0 saturated heterocycles. The average Bonchev–Trinajstić information content (AvgIpc) is 2.92. The number of hydrogen-bond acceptors (Lipinski definition) is 9. The van der Waals surface area contributed by atoms with Crippen LogP contribution in [0.1, 0.15) is 85.0 Å². The molecular formula is C33H41I3O9. The first-order valence-electron chi connectivity index (χ1n) is 14.4. The summed E-state index contributed by atoms with van der Waals surface area (Å²) in [5.74, 6) is -1.92. The van der Waals surface area contributed by atoms with Crippen LogP contribution in [0.25, 0.3) is 0 Å². The molecule has 1 N–H and O–H groups in total. The quantitative estimate of drug-likeness (QED) is 0.0530. The van der Waals surface area contributed by atoms with Gasteiger partial charge in [0.25, 0.3) is 0 Å². The van der Waals surface area contributed by atoms with Crippen LogP contribution in [0.4, 0.5) is 0 Å². The SMILES string of the molecule is CCC(C)(CC(C)(CC(C)(C)C(=O)Oc1ccc(O)cc1)C(=O)OC(C)(C)C)C(=O)OCCOC(=O)c1cc(I)cc(I)c1I. The Hall–Kier alpha value is -1.69. The second-order valence-corrected chi connectivity index (χ2v) is 16.6. The van der Waals surface area contributed by atoms with Gasteiger partial charge in [-0.2, -0.15) is 0 Å². The standard InChI is InChI=1S/C33H41I3O9/c1-9-32(7,28(40)43-15-14-42-26(38)23-16-20(34)17-24(35)25(23)36)19-33(8,29(41)45-30(2,3)4)18-31(5,6)27(39)44-22-12-10-21(37)11-13-22/h10-13,16-17,37H,9,14-15,18-19H2,1-8H3. The molecule has 2 unspecified atom stereocenters. The molecule has 0 amide bonds. The molecule has 0 spiro atoms. The number of ether oxygens (including phenoxy) is 4. The average molecular weight is 962 g/mol. The number of benzene rings is 2. The Morgan fingerprint density at radius 3 is 1.89 bits per heavy atom. The Balaban J connectivity index is 2.20. The highest BCUT2D eigenvalue weighted by Gasteiger charge is 2.50. The molecule has 12 heteroatoms. The molecule has 0 aliphatic heterocycles. The highest BCUT2D eigenvalue weighted by atomic mass is 127. The molecule has 248 valence electrons. The molecule has 0 heterocycles. The van der Waals surface area contributed by atoms with Gasteiger partial charge in [-0.3, -0.25) is 14.4 Å². The predicted molar refractivity (Wildman–Crippen MR) is 195 cm³/mol. The molecule has 0 saturated carbocycles. The van der Waals surface area contributed by atoms with E-state index in [1.54, 1.807) is 54.5 Å². The van der Waals surface area contributed by atoms with E-state index in [2.05, 4.69) is 67.8 Å². The Bertz CT molecular complexity index is 1400. The van der Waals surface area contributed by atoms with Crippen LogP contribution in [0, 0.1) is 27.0 Å². The number of carbonyl (C=O) groups is 4. The summed E-state index contributed by atoms with van der Waals surface area (Å²) in [7, 11) is 0. The lowest BCUT2D eigenvalue weighted by molar-refractivity contribution is -0.175. The van der Waals surface area contributed by atoms with E-state index in [1.807, 2.05) is 13.0 Å². The van der Waals surface area contributed by atoms with Gasteiger partial charge in [0, 0.05) is 10.7 Å². The second-order valence-electron chi connectivity index (χ2n) is 13.1. The van der Waals surface area contributed by atoms with Gasteiger partial charge in [-0.05, 0) is 172 Å². The zero-order valence-electron chi connectivity index (χ0n) is 26.8. The summed E-state index contributed by atoms with van der Waals surface area (Å²) in [4.78, 5) is 53.2. The van der Waals surface area contributed by atoms with E-state index in [0.717, 1.165) is 10.7 Å². The number of carbonyl (C=O) groups excluding carboxylic acids is 4. The monoisotopic (exact) mass is 962 g/mol. The third-order valence-electron chi connectivity index (χ3n) is 7.14. The molecule has 0 aliphatic carbocycles. The van der Waals surface area contributed by atoms with Crippen LogP contribution in [0.2, 0.25) is 0 Å². The van der Waals surface area contributed by atoms with Gasteiger partial charge in [0.05, 0.1) is 21.8 Å². The van der Waals surface area contributed by atoms with Gasteiger partial charge >= 0.3 is 23.9 Å². The van der Waals surface area contributed by atoms with E-state index in [-0.39, 0.29) is 37.6 Å². The minimum absolute atomic E-state index is 0.0135. The molecule has 0 fully saturated rings. The summed E-state index contributed by atoms with van der Waals surface area (Å²) < 4.78 is 24.9. The fraction of sp³-hybridized carbons (Fsp3) is 0.515. The lowest BCUT2D eigenvalue weighted by Gasteiger charge is -2.40. The van der Waals surface area contributed by atoms with Crippen molar-refractivity contribution in [2.75, 3.05) is 13.2 Å². The van der Waals surface area contributed by atoms with Gasteiger partial charge in [-0.15, -0.1) is 0 Å². The topological polar surface area (TPSA) is 125 Å². The number of hydrogen-bond donors (Lipinski definition) is 1. The minimum Gasteiger partial charge on any atom is -0.508 e. The van der Waals surface area contributed by atoms with Gasteiger partial charge in [0.15, 0.2) is 0 Å². The predicted octanol–water partition coefficient (Wildman–Crippen LogP) is 8.08. The lowest BCUT2D eigenvalue weighted by Crippen LogP contribution is -2.46. The van der Waals surface area contributed by atoms with Crippen LogP contribution in [0.15, 0.2) is 36.4 Å². The van der Waals surface area contributed by atoms with E-state index in [1.165, 1.54) is 24.3 Å². The maximum Gasteiger partial charge on any atom is 0.339 e. The Labute approximate surface area is 306 Å². The summed E-state index contributed by atoms with van der Waals surface area (Å²) in [5.41, 5.74) is -3.96. The van der Waals surface area contributed by atoms with Crippen molar-refractivity contribution in [3.05, 3.63) is 52.7 Å². The van der Waals surface area contributed by atoms with Gasteiger partial charge < -0.3 is 24.1 Å². The van der Waals surface area contributed by atoms with Crippen LogP contribution >= 0.6 is 67.8 Å². The number of rotatable bonds is 13. The van der Waals surface area contributed by atoms with Crippen molar-refractivity contribution in [2.24, 2.45) is 16.2 Å². The van der Waals surface area contributed by atoms with Crippen LogP contribution in [0.5, 0.6) is 11.5 Å². The molecule has 9 nitrogen and oxygen atoms in total. The van der Waals surface area contributed by atoms with E-state index >= 15 is 0 Å². The highest BCUT2D eigenvalue weighted by Crippen LogP contribution is 2.46. The maximum absolute atomic E-state index is 13.7. The molecule has 0 radical (unpaired) electrons. The molecule has 0 aliphatic rings. The van der Waals surface area contributed by atoms with Crippen LogP contribution < -0.4 is 4.74 Å². The number of halogens is 3. The molecule has 2 atom stereocenters. The lowest BCUT2D eigenvalue weighted by atomic mass is 9.65. The van der Waals surface area contributed by atoms with Crippen molar-refractivity contribution in [3.63, 3.8) is 0 Å². The molecule has 0 bridgehead atoms. The fourth-order valence-corrected chi connectivity index (χ4v) is 7.22. The molecule has 2 rings (SSSR count). The Morgan fingerprint density at radius 1 is 0.756 bits per heavy atom. The first-order valence-corrected chi connectivity index (χ1v) is 17.6. The summed E-state index contributed by atoms with van der Waals surface area (Å²) in [6.45, 7) is 13.5.